The minimum absolute atomic E-state index is 0.191. The summed E-state index contributed by atoms with van der Waals surface area (Å²) in [7, 11) is 0. The van der Waals surface area contributed by atoms with Crippen LogP contribution >= 0.6 is 11.3 Å². The Morgan fingerprint density at radius 2 is 2.12 bits per heavy atom. The zero-order valence-electron chi connectivity index (χ0n) is 11.1. The maximum Gasteiger partial charge on any atom is 0.0597 e. The molecule has 2 nitrogen and oxygen atoms in total. The van der Waals surface area contributed by atoms with E-state index in [9.17, 15) is 0 Å². The lowest BCUT2D eigenvalue weighted by Crippen LogP contribution is -2.48. The monoisotopic (exact) mass is 252 g/mol. The van der Waals surface area contributed by atoms with Gasteiger partial charge in [-0.25, -0.2) is 0 Å². The minimum atomic E-state index is 0.191. The number of thiophene rings is 1. The van der Waals surface area contributed by atoms with E-state index >= 15 is 0 Å². The second-order valence-corrected chi connectivity index (χ2v) is 6.96. The summed E-state index contributed by atoms with van der Waals surface area (Å²) in [5.41, 5.74) is 6.61. The molecule has 0 radical (unpaired) electrons. The van der Waals surface area contributed by atoms with E-state index in [0.717, 1.165) is 6.42 Å². The van der Waals surface area contributed by atoms with Gasteiger partial charge in [0, 0.05) is 16.5 Å². The van der Waals surface area contributed by atoms with Gasteiger partial charge in [0.1, 0.15) is 0 Å². The average molecular weight is 252 g/mol. The van der Waals surface area contributed by atoms with Crippen LogP contribution in [0.4, 0.5) is 0 Å². The van der Waals surface area contributed by atoms with E-state index in [2.05, 4.69) is 43.2 Å². The maximum atomic E-state index is 6.42. The highest BCUT2D eigenvalue weighted by Crippen LogP contribution is 2.36. The Balaban J connectivity index is 2.32. The Morgan fingerprint density at radius 1 is 1.35 bits per heavy atom. The van der Waals surface area contributed by atoms with Crippen molar-refractivity contribution in [1.82, 2.24) is 4.90 Å². The van der Waals surface area contributed by atoms with Crippen molar-refractivity contribution >= 4 is 11.3 Å². The third-order valence-electron chi connectivity index (χ3n) is 3.62. The quantitative estimate of drug-likeness (QED) is 0.830. The number of nitrogens with two attached hydrogens (primary N) is 1. The largest absolute Gasteiger partial charge is 0.326 e. The van der Waals surface area contributed by atoms with E-state index in [0.29, 0.717) is 6.04 Å². The molecule has 1 aromatic heterocycles. The van der Waals surface area contributed by atoms with Gasteiger partial charge in [0.05, 0.1) is 6.04 Å². The summed E-state index contributed by atoms with van der Waals surface area (Å²) in [6, 6.07) is 5.05. The van der Waals surface area contributed by atoms with Crippen molar-refractivity contribution in [2.45, 2.75) is 57.7 Å². The molecule has 0 aliphatic carbocycles. The molecular formula is C14H24N2S. The van der Waals surface area contributed by atoms with E-state index < -0.39 is 0 Å². The van der Waals surface area contributed by atoms with Crippen LogP contribution in [0, 0.1) is 0 Å². The number of rotatable bonds is 1. The molecule has 2 unspecified atom stereocenters. The maximum absolute atomic E-state index is 6.42. The lowest BCUT2D eigenvalue weighted by Gasteiger charge is -2.42. The number of hydrogen-bond donors (Lipinski definition) is 1. The highest BCUT2D eigenvalue weighted by atomic mass is 32.1. The Kier molecular flexibility index (Phi) is 3.91. The summed E-state index contributed by atoms with van der Waals surface area (Å²) in [5, 5.41) is 2.16. The summed E-state index contributed by atoms with van der Waals surface area (Å²) >= 11 is 1.84. The van der Waals surface area contributed by atoms with Gasteiger partial charge in [-0.05, 0) is 51.6 Å². The molecule has 0 spiro atoms. The Morgan fingerprint density at radius 3 is 2.71 bits per heavy atom. The van der Waals surface area contributed by atoms with Gasteiger partial charge in [0.15, 0.2) is 0 Å². The predicted molar refractivity (Wildman–Crippen MR) is 75.3 cm³/mol. The molecule has 3 heteroatoms. The van der Waals surface area contributed by atoms with Crippen LogP contribution < -0.4 is 5.73 Å². The number of likely N-dealkylation sites (tertiary alicyclic amines) is 1. The molecule has 17 heavy (non-hydrogen) atoms. The first-order valence-electron chi connectivity index (χ1n) is 6.56. The normalized spacial score (nSPS) is 28.0. The van der Waals surface area contributed by atoms with E-state index in [1.54, 1.807) is 0 Å². The fourth-order valence-corrected chi connectivity index (χ4v) is 3.68. The molecule has 1 fully saturated rings. The summed E-state index contributed by atoms with van der Waals surface area (Å²) < 4.78 is 0. The van der Waals surface area contributed by atoms with Gasteiger partial charge in [-0.3, -0.25) is 4.90 Å². The lowest BCUT2D eigenvalue weighted by molar-refractivity contribution is 0.0774. The molecule has 2 N–H and O–H groups in total. The van der Waals surface area contributed by atoms with Crippen molar-refractivity contribution in [3.05, 3.63) is 22.4 Å². The zero-order chi connectivity index (χ0) is 12.5. The van der Waals surface area contributed by atoms with Gasteiger partial charge >= 0.3 is 0 Å². The Hall–Kier alpha value is -0.380. The molecule has 2 heterocycles. The van der Waals surface area contributed by atoms with Gasteiger partial charge in [0.2, 0.25) is 0 Å². The zero-order valence-corrected chi connectivity index (χ0v) is 12.0. The fraction of sp³-hybridized carbons (Fsp3) is 0.714. The minimum Gasteiger partial charge on any atom is -0.326 e. The predicted octanol–water partition coefficient (Wildman–Crippen LogP) is 3.40. The van der Waals surface area contributed by atoms with Gasteiger partial charge < -0.3 is 5.73 Å². The van der Waals surface area contributed by atoms with Crippen LogP contribution in [0.15, 0.2) is 17.5 Å². The molecule has 0 aromatic carbocycles. The molecule has 1 aliphatic rings. The number of nitrogens with zero attached hydrogens (tertiary/aromatic N) is 1. The SMILES string of the molecule is CC(C)(C)N1CCCCC(N)C1c1cccs1. The van der Waals surface area contributed by atoms with Crippen molar-refractivity contribution in [3.8, 4) is 0 Å². The van der Waals surface area contributed by atoms with Crippen molar-refractivity contribution in [3.63, 3.8) is 0 Å². The molecule has 0 amide bonds. The highest BCUT2D eigenvalue weighted by molar-refractivity contribution is 7.10. The molecule has 0 bridgehead atoms. The molecule has 2 atom stereocenters. The molecular weight excluding hydrogens is 228 g/mol. The summed E-state index contributed by atoms with van der Waals surface area (Å²) in [6.07, 6.45) is 3.68. The van der Waals surface area contributed by atoms with Crippen molar-refractivity contribution in [1.29, 1.82) is 0 Å². The van der Waals surface area contributed by atoms with Crippen LogP contribution in [0.3, 0.4) is 0 Å². The van der Waals surface area contributed by atoms with Crippen LogP contribution in [-0.2, 0) is 0 Å². The third kappa shape index (κ3) is 2.90. The van der Waals surface area contributed by atoms with Gasteiger partial charge in [0.25, 0.3) is 0 Å². The molecule has 1 aromatic rings. The molecule has 96 valence electrons. The molecule has 1 aliphatic heterocycles. The van der Waals surface area contributed by atoms with E-state index in [1.807, 2.05) is 11.3 Å². The number of hydrogen-bond acceptors (Lipinski definition) is 3. The average Bonchev–Trinajstić information content (AvgIpc) is 2.67. The van der Waals surface area contributed by atoms with Crippen LogP contribution in [0.25, 0.3) is 0 Å². The second kappa shape index (κ2) is 5.09. The topological polar surface area (TPSA) is 29.3 Å². The van der Waals surface area contributed by atoms with Gasteiger partial charge in [-0.2, -0.15) is 0 Å². The smallest absolute Gasteiger partial charge is 0.0597 e. The molecule has 1 saturated heterocycles. The lowest BCUT2D eigenvalue weighted by atomic mass is 9.97. The van der Waals surface area contributed by atoms with E-state index in [-0.39, 0.29) is 11.6 Å². The van der Waals surface area contributed by atoms with E-state index in [1.165, 1.54) is 24.3 Å². The van der Waals surface area contributed by atoms with Crippen LogP contribution in [0.5, 0.6) is 0 Å². The Labute approximate surface area is 109 Å². The second-order valence-electron chi connectivity index (χ2n) is 5.98. The molecule has 2 rings (SSSR count). The van der Waals surface area contributed by atoms with Gasteiger partial charge in [-0.1, -0.05) is 12.5 Å². The molecule has 0 saturated carbocycles. The van der Waals surface area contributed by atoms with Crippen molar-refractivity contribution in [2.24, 2.45) is 5.73 Å². The standard InChI is InChI=1S/C14H24N2S/c1-14(2,3)16-9-5-4-7-11(15)13(16)12-8-6-10-17-12/h6,8,10-11,13H,4-5,7,9,15H2,1-3H3. The Bertz CT molecular complexity index is 340. The van der Waals surface area contributed by atoms with Crippen LogP contribution in [0.1, 0.15) is 51.0 Å². The van der Waals surface area contributed by atoms with Crippen LogP contribution in [-0.4, -0.2) is 23.0 Å². The van der Waals surface area contributed by atoms with Gasteiger partial charge in [-0.15, -0.1) is 11.3 Å². The summed E-state index contributed by atoms with van der Waals surface area (Å²) in [5.74, 6) is 0. The first-order valence-corrected chi connectivity index (χ1v) is 7.44. The third-order valence-corrected chi connectivity index (χ3v) is 4.57. The first kappa shape index (κ1) is 13.1. The van der Waals surface area contributed by atoms with Crippen molar-refractivity contribution in [2.75, 3.05) is 6.54 Å². The summed E-state index contributed by atoms with van der Waals surface area (Å²) in [4.78, 5) is 4.02. The fourth-order valence-electron chi connectivity index (χ4n) is 2.77. The summed E-state index contributed by atoms with van der Waals surface area (Å²) in [6.45, 7) is 8.06. The highest BCUT2D eigenvalue weighted by Gasteiger charge is 2.35. The van der Waals surface area contributed by atoms with E-state index in [4.69, 9.17) is 5.73 Å². The first-order chi connectivity index (χ1) is 8.00. The van der Waals surface area contributed by atoms with Crippen LogP contribution in [0.2, 0.25) is 0 Å². The van der Waals surface area contributed by atoms with Crippen molar-refractivity contribution < 1.29 is 0 Å².